The summed E-state index contributed by atoms with van der Waals surface area (Å²) in [4.78, 5) is 21.4. The lowest BCUT2D eigenvalue weighted by molar-refractivity contribution is 0.102. The minimum absolute atomic E-state index is 0.250. The van der Waals surface area contributed by atoms with Gasteiger partial charge in [0.05, 0.1) is 5.69 Å². The van der Waals surface area contributed by atoms with Gasteiger partial charge in [0, 0.05) is 23.1 Å². The maximum absolute atomic E-state index is 12.5. The molecule has 8 nitrogen and oxygen atoms in total. The molecule has 0 aliphatic carbocycles. The Bertz CT molecular complexity index is 1230. The molecule has 0 radical (unpaired) electrons. The molecule has 32 heavy (non-hydrogen) atoms. The van der Waals surface area contributed by atoms with Crippen molar-refractivity contribution in [2.75, 3.05) is 16.0 Å². The molecule has 0 fully saturated rings. The fourth-order valence-corrected chi connectivity index (χ4v) is 3.27. The average Bonchev–Trinajstić information content (AvgIpc) is 3.09. The fraction of sp³-hybridized carbons (Fsp3) is 0.167. The Kier molecular flexibility index (Phi) is 5.85. The van der Waals surface area contributed by atoms with Gasteiger partial charge in [-0.3, -0.25) is 4.79 Å². The molecule has 0 saturated carbocycles. The van der Waals surface area contributed by atoms with Gasteiger partial charge in [0.2, 0.25) is 0 Å². The summed E-state index contributed by atoms with van der Waals surface area (Å²) in [5.74, 6) is 2.26. The Hall–Kier alpha value is -4.20. The lowest BCUT2D eigenvalue weighted by Gasteiger charge is -2.11. The lowest BCUT2D eigenvalue weighted by Crippen LogP contribution is -2.13. The zero-order valence-electron chi connectivity index (χ0n) is 18.4. The van der Waals surface area contributed by atoms with Crippen LogP contribution in [0.5, 0.6) is 0 Å². The van der Waals surface area contributed by atoms with E-state index >= 15 is 0 Å². The second kappa shape index (κ2) is 8.89. The van der Waals surface area contributed by atoms with Crippen molar-refractivity contribution >= 4 is 34.6 Å². The monoisotopic (exact) mass is 428 g/mol. The van der Waals surface area contributed by atoms with E-state index < -0.39 is 0 Å². The summed E-state index contributed by atoms with van der Waals surface area (Å²) in [6, 6.07) is 17.3. The average molecular weight is 428 g/mol. The van der Waals surface area contributed by atoms with Gasteiger partial charge in [0.25, 0.3) is 5.91 Å². The molecular weight excluding hydrogens is 404 g/mol. The molecule has 162 valence electrons. The number of benzene rings is 2. The molecule has 0 saturated heterocycles. The summed E-state index contributed by atoms with van der Waals surface area (Å²) in [5.41, 5.74) is 4.67. The Labute approximate surface area is 186 Å². The van der Waals surface area contributed by atoms with Crippen molar-refractivity contribution in [3.8, 4) is 0 Å². The minimum Gasteiger partial charge on any atom is -0.361 e. The van der Waals surface area contributed by atoms with E-state index in [1.807, 2.05) is 68.4 Å². The highest BCUT2D eigenvalue weighted by atomic mass is 16.5. The predicted molar refractivity (Wildman–Crippen MR) is 125 cm³/mol. The highest BCUT2D eigenvalue weighted by Crippen LogP contribution is 2.22. The normalized spacial score (nSPS) is 10.6. The number of anilines is 5. The highest BCUT2D eigenvalue weighted by Gasteiger charge is 2.17. The standard InChI is InChI=1S/C24H24N6O2/c1-14-5-7-18(8-6-14)27-21-13-22(26-17(4)25-21)28-19-9-11-20(12-10-19)29-24(31)23-15(2)30-32-16(23)3/h5-13H,1-4H3,(H,29,31)(H2,25,26,27,28). The van der Waals surface area contributed by atoms with Crippen molar-refractivity contribution in [3.05, 3.63) is 83.0 Å². The first kappa shape index (κ1) is 21.0. The van der Waals surface area contributed by atoms with Crippen molar-refractivity contribution in [1.82, 2.24) is 15.1 Å². The van der Waals surface area contributed by atoms with Crippen molar-refractivity contribution in [1.29, 1.82) is 0 Å². The lowest BCUT2D eigenvalue weighted by atomic mass is 10.2. The third-order valence-corrected chi connectivity index (χ3v) is 4.84. The topological polar surface area (TPSA) is 105 Å². The fourth-order valence-electron chi connectivity index (χ4n) is 3.27. The molecular formula is C24H24N6O2. The molecule has 0 spiro atoms. The van der Waals surface area contributed by atoms with Crippen LogP contribution in [-0.4, -0.2) is 21.0 Å². The van der Waals surface area contributed by atoms with Gasteiger partial charge in [-0.05, 0) is 64.1 Å². The summed E-state index contributed by atoms with van der Waals surface area (Å²) in [7, 11) is 0. The molecule has 2 aromatic heterocycles. The minimum atomic E-state index is -0.250. The van der Waals surface area contributed by atoms with E-state index in [9.17, 15) is 4.79 Å². The molecule has 0 unspecified atom stereocenters. The first-order chi connectivity index (χ1) is 15.4. The van der Waals surface area contributed by atoms with E-state index in [1.165, 1.54) is 5.56 Å². The molecule has 3 N–H and O–H groups in total. The molecule has 4 aromatic rings. The summed E-state index contributed by atoms with van der Waals surface area (Å²) in [5, 5.41) is 13.3. The van der Waals surface area contributed by atoms with E-state index in [-0.39, 0.29) is 5.91 Å². The van der Waals surface area contributed by atoms with E-state index in [2.05, 4.69) is 31.1 Å². The molecule has 0 bridgehead atoms. The number of hydrogen-bond donors (Lipinski definition) is 3. The number of aryl methyl sites for hydroxylation is 4. The van der Waals surface area contributed by atoms with Crippen LogP contribution in [0.4, 0.5) is 28.7 Å². The number of hydrogen-bond acceptors (Lipinski definition) is 7. The van der Waals surface area contributed by atoms with Gasteiger partial charge < -0.3 is 20.5 Å². The summed E-state index contributed by atoms with van der Waals surface area (Å²) in [6.07, 6.45) is 0. The van der Waals surface area contributed by atoms with Crippen LogP contribution in [0.3, 0.4) is 0 Å². The molecule has 0 atom stereocenters. The molecule has 8 heteroatoms. The second-order valence-electron chi connectivity index (χ2n) is 7.53. The molecule has 1 amide bonds. The van der Waals surface area contributed by atoms with Gasteiger partial charge >= 0.3 is 0 Å². The Morgan fingerprint density at radius 1 is 0.781 bits per heavy atom. The number of carbonyl (C=O) groups excluding carboxylic acids is 1. The Morgan fingerprint density at radius 3 is 1.84 bits per heavy atom. The number of aromatic nitrogens is 3. The highest BCUT2D eigenvalue weighted by molar-refractivity contribution is 6.05. The predicted octanol–water partition coefficient (Wildman–Crippen LogP) is 5.44. The molecule has 0 aliphatic rings. The van der Waals surface area contributed by atoms with E-state index in [0.29, 0.717) is 40.2 Å². The first-order valence-corrected chi connectivity index (χ1v) is 10.2. The van der Waals surface area contributed by atoms with Crippen molar-refractivity contribution in [3.63, 3.8) is 0 Å². The quantitative estimate of drug-likeness (QED) is 0.376. The van der Waals surface area contributed by atoms with E-state index in [4.69, 9.17) is 4.52 Å². The van der Waals surface area contributed by atoms with Crippen molar-refractivity contribution in [2.24, 2.45) is 0 Å². The maximum Gasteiger partial charge on any atom is 0.261 e. The molecule has 0 aliphatic heterocycles. The SMILES string of the molecule is Cc1ccc(Nc2cc(Nc3ccc(NC(=O)c4c(C)noc4C)cc3)nc(C)n2)cc1. The van der Waals surface area contributed by atoms with Gasteiger partial charge in [0.1, 0.15) is 28.8 Å². The Morgan fingerprint density at radius 2 is 1.31 bits per heavy atom. The van der Waals surface area contributed by atoms with E-state index in [1.54, 1.807) is 13.8 Å². The van der Waals surface area contributed by atoms with Crippen LogP contribution in [-0.2, 0) is 0 Å². The third-order valence-electron chi connectivity index (χ3n) is 4.84. The van der Waals surface area contributed by atoms with Gasteiger partial charge in [-0.2, -0.15) is 0 Å². The summed E-state index contributed by atoms with van der Waals surface area (Å²) in [6.45, 7) is 7.35. The van der Waals surface area contributed by atoms with Crippen LogP contribution in [0, 0.1) is 27.7 Å². The van der Waals surface area contributed by atoms with Crippen LogP contribution in [0.1, 0.15) is 33.2 Å². The van der Waals surface area contributed by atoms with Crippen LogP contribution in [0.25, 0.3) is 0 Å². The number of nitrogens with one attached hydrogen (secondary N) is 3. The number of amides is 1. The number of carbonyl (C=O) groups is 1. The van der Waals surface area contributed by atoms with Crippen molar-refractivity contribution in [2.45, 2.75) is 27.7 Å². The second-order valence-corrected chi connectivity index (χ2v) is 7.53. The van der Waals surface area contributed by atoms with Gasteiger partial charge in [-0.25, -0.2) is 9.97 Å². The van der Waals surface area contributed by atoms with E-state index in [0.717, 1.165) is 11.4 Å². The van der Waals surface area contributed by atoms with Crippen LogP contribution in [0.15, 0.2) is 59.1 Å². The van der Waals surface area contributed by atoms with Gasteiger partial charge in [-0.15, -0.1) is 0 Å². The summed E-state index contributed by atoms with van der Waals surface area (Å²) < 4.78 is 5.06. The largest absolute Gasteiger partial charge is 0.361 e. The summed E-state index contributed by atoms with van der Waals surface area (Å²) >= 11 is 0. The zero-order valence-corrected chi connectivity index (χ0v) is 18.4. The Balaban J connectivity index is 1.44. The number of nitrogens with zero attached hydrogens (tertiary/aromatic N) is 3. The number of rotatable bonds is 6. The van der Waals surface area contributed by atoms with Crippen LogP contribution < -0.4 is 16.0 Å². The van der Waals surface area contributed by atoms with Crippen LogP contribution >= 0.6 is 0 Å². The van der Waals surface area contributed by atoms with Gasteiger partial charge in [0.15, 0.2) is 0 Å². The van der Waals surface area contributed by atoms with Crippen LogP contribution in [0.2, 0.25) is 0 Å². The smallest absolute Gasteiger partial charge is 0.261 e. The molecule has 2 heterocycles. The first-order valence-electron chi connectivity index (χ1n) is 10.2. The maximum atomic E-state index is 12.5. The van der Waals surface area contributed by atoms with Crippen molar-refractivity contribution < 1.29 is 9.32 Å². The molecule has 4 rings (SSSR count). The molecule has 2 aromatic carbocycles. The third kappa shape index (κ3) is 4.92. The zero-order chi connectivity index (χ0) is 22.7. The van der Waals surface area contributed by atoms with Gasteiger partial charge in [-0.1, -0.05) is 22.9 Å².